The second kappa shape index (κ2) is 8.10. The fraction of sp³-hybridized carbons (Fsp3) is 0.278. The third kappa shape index (κ3) is 4.32. The van der Waals surface area contributed by atoms with Gasteiger partial charge in [0.2, 0.25) is 0 Å². The zero-order valence-corrected chi connectivity index (χ0v) is 13.4. The Labute approximate surface area is 141 Å². The molecule has 0 N–H and O–H groups in total. The van der Waals surface area contributed by atoms with Gasteiger partial charge in [-0.2, -0.15) is 5.10 Å². The smallest absolute Gasteiger partial charge is 0.340 e. The molecule has 6 heteroatoms. The van der Waals surface area contributed by atoms with Gasteiger partial charge in [0.15, 0.2) is 0 Å². The lowest BCUT2D eigenvalue weighted by Gasteiger charge is -2.39. The van der Waals surface area contributed by atoms with Crippen molar-refractivity contribution in [3.8, 4) is 5.75 Å². The van der Waals surface area contributed by atoms with Gasteiger partial charge in [-0.05, 0) is 24.3 Å². The fourth-order valence-corrected chi connectivity index (χ4v) is 2.38. The summed E-state index contributed by atoms with van der Waals surface area (Å²) in [6.07, 6.45) is 6.22. The van der Waals surface area contributed by atoms with E-state index in [1.54, 1.807) is 23.5 Å². The second-order valence-corrected chi connectivity index (χ2v) is 5.47. The van der Waals surface area contributed by atoms with Crippen LogP contribution in [0.1, 0.15) is 6.42 Å². The van der Waals surface area contributed by atoms with Crippen molar-refractivity contribution in [2.45, 2.75) is 12.5 Å². The fourth-order valence-electron chi connectivity index (χ4n) is 2.38. The van der Waals surface area contributed by atoms with Crippen LogP contribution in [0.5, 0.6) is 5.75 Å². The minimum atomic E-state index is -0.0170. The SMILES string of the molecule is O=C(N1CC(Oc2ccccc2)C1)N1CCC=N1.c1ccncc1. The minimum absolute atomic E-state index is 0.0170. The van der Waals surface area contributed by atoms with Crippen LogP contribution in [0.15, 0.2) is 66.0 Å². The monoisotopic (exact) mass is 324 g/mol. The number of carbonyl (C=O) groups is 1. The molecule has 4 rings (SSSR count). The quantitative estimate of drug-likeness (QED) is 0.853. The number of urea groups is 1. The van der Waals surface area contributed by atoms with Crippen LogP contribution in [0.4, 0.5) is 4.79 Å². The van der Waals surface area contributed by atoms with Crippen LogP contribution in [0.2, 0.25) is 0 Å². The summed E-state index contributed by atoms with van der Waals surface area (Å²) in [6.45, 7) is 1.97. The van der Waals surface area contributed by atoms with Crippen molar-refractivity contribution in [2.24, 2.45) is 5.10 Å². The van der Waals surface area contributed by atoms with E-state index in [-0.39, 0.29) is 12.1 Å². The maximum Gasteiger partial charge on any atom is 0.340 e. The standard InChI is InChI=1S/C13H15N3O2.C5H5N/c17-13(16-8-4-7-14-16)15-9-12(10-15)18-11-5-2-1-3-6-11;1-2-4-6-5-3-1/h1-3,5-7,12H,4,8-10H2;1-5H. The molecule has 2 aliphatic heterocycles. The van der Waals surface area contributed by atoms with E-state index in [1.807, 2.05) is 48.5 Å². The normalized spacial score (nSPS) is 16.2. The molecule has 6 nitrogen and oxygen atoms in total. The highest BCUT2D eigenvalue weighted by Crippen LogP contribution is 2.19. The van der Waals surface area contributed by atoms with E-state index in [0.717, 1.165) is 12.2 Å². The van der Waals surface area contributed by atoms with E-state index in [1.165, 1.54) is 5.01 Å². The molecule has 3 heterocycles. The molecule has 0 aliphatic carbocycles. The van der Waals surface area contributed by atoms with Crippen LogP contribution in [-0.2, 0) is 0 Å². The number of pyridine rings is 1. The first-order valence-electron chi connectivity index (χ1n) is 7.98. The Morgan fingerprint density at radius 2 is 1.75 bits per heavy atom. The minimum Gasteiger partial charge on any atom is -0.487 e. The first-order valence-corrected chi connectivity index (χ1v) is 7.98. The van der Waals surface area contributed by atoms with Crippen molar-refractivity contribution >= 4 is 12.2 Å². The van der Waals surface area contributed by atoms with Gasteiger partial charge < -0.3 is 9.64 Å². The van der Waals surface area contributed by atoms with Crippen molar-refractivity contribution in [2.75, 3.05) is 19.6 Å². The topological polar surface area (TPSA) is 58.0 Å². The highest BCUT2D eigenvalue weighted by Gasteiger charge is 2.35. The molecule has 0 radical (unpaired) electrons. The molecule has 1 saturated heterocycles. The molecule has 1 fully saturated rings. The number of para-hydroxylation sites is 1. The Bertz CT molecular complexity index is 631. The molecule has 124 valence electrons. The number of hydrogen-bond donors (Lipinski definition) is 0. The molecule has 0 unspecified atom stereocenters. The van der Waals surface area contributed by atoms with Gasteiger partial charge in [0, 0.05) is 25.0 Å². The summed E-state index contributed by atoms with van der Waals surface area (Å²) >= 11 is 0. The van der Waals surface area contributed by atoms with Gasteiger partial charge in [-0.3, -0.25) is 4.98 Å². The maximum absolute atomic E-state index is 11.9. The molecule has 24 heavy (non-hydrogen) atoms. The van der Waals surface area contributed by atoms with Crippen molar-refractivity contribution < 1.29 is 9.53 Å². The van der Waals surface area contributed by atoms with Crippen LogP contribution in [0.3, 0.4) is 0 Å². The predicted molar refractivity (Wildman–Crippen MR) is 91.9 cm³/mol. The van der Waals surface area contributed by atoms with Crippen molar-refractivity contribution in [1.29, 1.82) is 0 Å². The number of benzene rings is 1. The van der Waals surface area contributed by atoms with Gasteiger partial charge in [0.1, 0.15) is 11.9 Å². The van der Waals surface area contributed by atoms with E-state index in [0.29, 0.717) is 19.6 Å². The molecular weight excluding hydrogens is 304 g/mol. The molecule has 1 aromatic heterocycles. The maximum atomic E-state index is 11.9. The average molecular weight is 324 g/mol. The highest BCUT2D eigenvalue weighted by atomic mass is 16.5. The summed E-state index contributed by atoms with van der Waals surface area (Å²) in [5, 5.41) is 5.54. The molecule has 0 atom stereocenters. The summed E-state index contributed by atoms with van der Waals surface area (Å²) in [6, 6.07) is 15.4. The Hall–Kier alpha value is -2.89. The van der Waals surface area contributed by atoms with E-state index in [4.69, 9.17) is 4.74 Å². The Balaban J connectivity index is 0.000000238. The van der Waals surface area contributed by atoms with Gasteiger partial charge >= 0.3 is 6.03 Å². The second-order valence-electron chi connectivity index (χ2n) is 5.47. The van der Waals surface area contributed by atoms with Crippen molar-refractivity contribution in [3.63, 3.8) is 0 Å². The Morgan fingerprint density at radius 3 is 2.29 bits per heavy atom. The Kier molecular flexibility index (Phi) is 5.40. The lowest BCUT2D eigenvalue weighted by molar-refractivity contribution is 0.0322. The van der Waals surface area contributed by atoms with Gasteiger partial charge in [-0.25, -0.2) is 9.80 Å². The van der Waals surface area contributed by atoms with E-state index in [2.05, 4.69) is 10.1 Å². The zero-order valence-electron chi connectivity index (χ0n) is 13.4. The van der Waals surface area contributed by atoms with Gasteiger partial charge in [-0.15, -0.1) is 0 Å². The molecule has 2 aliphatic rings. The van der Waals surface area contributed by atoms with E-state index in [9.17, 15) is 4.79 Å². The highest BCUT2D eigenvalue weighted by molar-refractivity contribution is 5.78. The first kappa shape index (κ1) is 16.0. The zero-order chi connectivity index (χ0) is 16.6. The largest absolute Gasteiger partial charge is 0.487 e. The van der Waals surface area contributed by atoms with Gasteiger partial charge in [-0.1, -0.05) is 24.3 Å². The number of hydrazone groups is 1. The predicted octanol–water partition coefficient (Wildman–Crippen LogP) is 2.64. The van der Waals surface area contributed by atoms with Crippen LogP contribution in [0.25, 0.3) is 0 Å². The number of carbonyl (C=O) groups excluding carboxylic acids is 1. The summed E-state index contributed by atoms with van der Waals surface area (Å²) in [7, 11) is 0. The summed E-state index contributed by atoms with van der Waals surface area (Å²) < 4.78 is 5.74. The molecule has 2 aromatic rings. The summed E-state index contributed by atoms with van der Waals surface area (Å²) in [4.78, 5) is 17.5. The molecule has 0 saturated carbocycles. The van der Waals surface area contributed by atoms with Crippen LogP contribution >= 0.6 is 0 Å². The number of rotatable bonds is 2. The molecular formula is C18H20N4O2. The lowest BCUT2D eigenvalue weighted by Crippen LogP contribution is -2.58. The number of ether oxygens (including phenoxy) is 1. The van der Waals surface area contributed by atoms with Gasteiger partial charge in [0.25, 0.3) is 0 Å². The van der Waals surface area contributed by atoms with Crippen molar-refractivity contribution in [3.05, 3.63) is 60.9 Å². The molecule has 0 bridgehead atoms. The molecule has 1 aromatic carbocycles. The number of nitrogens with zero attached hydrogens (tertiary/aromatic N) is 4. The average Bonchev–Trinajstić information content (AvgIpc) is 3.15. The van der Waals surface area contributed by atoms with Crippen molar-refractivity contribution in [1.82, 2.24) is 14.9 Å². The van der Waals surface area contributed by atoms with Crippen LogP contribution in [-0.4, -0.2) is 52.9 Å². The third-order valence-electron chi connectivity index (χ3n) is 3.64. The molecule has 2 amide bonds. The van der Waals surface area contributed by atoms with Gasteiger partial charge in [0.05, 0.1) is 19.6 Å². The number of amides is 2. The van der Waals surface area contributed by atoms with Crippen LogP contribution in [0, 0.1) is 0 Å². The first-order chi connectivity index (χ1) is 11.8. The Morgan fingerprint density at radius 1 is 1.04 bits per heavy atom. The number of hydrogen-bond acceptors (Lipinski definition) is 4. The third-order valence-corrected chi connectivity index (χ3v) is 3.64. The summed E-state index contributed by atoms with van der Waals surface area (Å²) in [5.74, 6) is 0.855. The molecule has 0 spiro atoms. The van der Waals surface area contributed by atoms with E-state index < -0.39 is 0 Å². The summed E-state index contributed by atoms with van der Waals surface area (Å²) in [5.41, 5.74) is 0. The van der Waals surface area contributed by atoms with Crippen LogP contribution < -0.4 is 4.74 Å². The number of aromatic nitrogens is 1. The lowest BCUT2D eigenvalue weighted by atomic mass is 10.2. The number of likely N-dealkylation sites (tertiary alicyclic amines) is 1. The van der Waals surface area contributed by atoms with E-state index >= 15 is 0 Å².